The van der Waals surface area contributed by atoms with Crippen LogP contribution in [0.3, 0.4) is 0 Å². The van der Waals surface area contributed by atoms with E-state index in [2.05, 4.69) is 59.7 Å². The fraction of sp³-hybridized carbons (Fsp3) is 0.357. The molecule has 1 unspecified atom stereocenters. The van der Waals surface area contributed by atoms with Crippen molar-refractivity contribution in [3.8, 4) is 0 Å². The first-order chi connectivity index (χ1) is 16.5. The van der Waals surface area contributed by atoms with Gasteiger partial charge in [-0.25, -0.2) is 0 Å². The zero-order chi connectivity index (χ0) is 23.9. The van der Waals surface area contributed by atoms with E-state index in [0.29, 0.717) is 39.3 Å². The van der Waals surface area contributed by atoms with Crippen LogP contribution in [0.2, 0.25) is 0 Å². The Balaban J connectivity index is 1.23. The highest BCUT2D eigenvalue weighted by Crippen LogP contribution is 2.24. The zero-order valence-corrected chi connectivity index (χ0v) is 20.1. The highest BCUT2D eigenvalue weighted by atomic mass is 16.2. The molecule has 0 aliphatic carbocycles. The molecule has 1 aliphatic rings. The van der Waals surface area contributed by atoms with Gasteiger partial charge in [-0.1, -0.05) is 67.6 Å². The third-order valence-electron chi connectivity index (χ3n) is 6.61. The van der Waals surface area contributed by atoms with Crippen LogP contribution in [-0.4, -0.2) is 60.9 Å². The van der Waals surface area contributed by atoms with Crippen molar-refractivity contribution in [2.24, 2.45) is 0 Å². The average Bonchev–Trinajstić information content (AvgIpc) is 2.87. The number of fused-ring (bicyclic) bond motifs is 1. The summed E-state index contributed by atoms with van der Waals surface area (Å²) < 4.78 is 0. The molecule has 0 saturated carbocycles. The van der Waals surface area contributed by atoms with Crippen LogP contribution in [0.25, 0.3) is 10.8 Å². The van der Waals surface area contributed by atoms with Crippen molar-refractivity contribution >= 4 is 28.3 Å². The van der Waals surface area contributed by atoms with Crippen molar-refractivity contribution in [3.63, 3.8) is 0 Å². The lowest BCUT2D eigenvalue weighted by Gasteiger charge is -2.34. The lowest BCUT2D eigenvalue weighted by Crippen LogP contribution is -2.52. The predicted molar refractivity (Wildman–Crippen MR) is 138 cm³/mol. The van der Waals surface area contributed by atoms with Gasteiger partial charge in [-0.2, -0.15) is 0 Å². The molecule has 0 bridgehead atoms. The number of aryl methyl sites for hydroxylation is 1. The molecule has 3 aromatic rings. The maximum absolute atomic E-state index is 12.8. The topological polar surface area (TPSA) is 64.7 Å². The Kier molecular flexibility index (Phi) is 7.93. The van der Waals surface area contributed by atoms with E-state index >= 15 is 0 Å². The summed E-state index contributed by atoms with van der Waals surface area (Å²) in [6, 6.07) is 22.6. The van der Waals surface area contributed by atoms with Gasteiger partial charge >= 0.3 is 0 Å². The zero-order valence-electron chi connectivity index (χ0n) is 20.1. The Labute approximate surface area is 201 Å². The molecule has 3 aromatic carbocycles. The lowest BCUT2D eigenvalue weighted by atomic mass is 10.00. The van der Waals surface area contributed by atoms with Crippen molar-refractivity contribution in [3.05, 3.63) is 77.9 Å². The quantitative estimate of drug-likeness (QED) is 0.538. The molecule has 6 nitrogen and oxygen atoms in total. The largest absolute Gasteiger partial charge is 0.339 e. The summed E-state index contributed by atoms with van der Waals surface area (Å²) in [5, 5.41) is 8.85. The third-order valence-corrected chi connectivity index (χ3v) is 6.61. The van der Waals surface area contributed by atoms with Crippen molar-refractivity contribution in [2.45, 2.75) is 26.3 Å². The first-order valence-electron chi connectivity index (χ1n) is 12.1. The summed E-state index contributed by atoms with van der Waals surface area (Å²) in [5.41, 5.74) is 3.22. The predicted octanol–water partition coefficient (Wildman–Crippen LogP) is 3.84. The van der Waals surface area contributed by atoms with E-state index in [4.69, 9.17) is 0 Å². The smallest absolute Gasteiger partial charge is 0.238 e. The van der Waals surface area contributed by atoms with Crippen LogP contribution >= 0.6 is 0 Å². The van der Waals surface area contributed by atoms with Gasteiger partial charge in [0.25, 0.3) is 0 Å². The van der Waals surface area contributed by atoms with Gasteiger partial charge in [0, 0.05) is 37.9 Å². The number of hydrogen-bond acceptors (Lipinski definition) is 4. The molecule has 1 heterocycles. The number of carbonyl (C=O) groups is 2. The summed E-state index contributed by atoms with van der Waals surface area (Å²) in [5.74, 6) is 0.0966. The van der Waals surface area contributed by atoms with Crippen LogP contribution < -0.4 is 10.6 Å². The Hall–Kier alpha value is -3.22. The SMILES string of the molecule is CCc1ccccc1NC(=O)CN1CCN(C(=O)CNC(C)c2cccc3ccccc23)CC1. The minimum atomic E-state index is -0.00810. The molecule has 2 amide bonds. The Bertz CT molecular complexity index is 1130. The molecule has 0 aromatic heterocycles. The van der Waals surface area contributed by atoms with Gasteiger partial charge in [0.2, 0.25) is 11.8 Å². The van der Waals surface area contributed by atoms with Gasteiger partial charge in [-0.15, -0.1) is 0 Å². The number of piperazine rings is 1. The summed E-state index contributed by atoms with van der Waals surface area (Å²) in [7, 11) is 0. The van der Waals surface area contributed by atoms with E-state index < -0.39 is 0 Å². The Morgan fingerprint density at radius 3 is 2.41 bits per heavy atom. The van der Waals surface area contributed by atoms with Gasteiger partial charge in [0.1, 0.15) is 0 Å². The number of hydrogen-bond donors (Lipinski definition) is 2. The van der Waals surface area contributed by atoms with Crippen LogP contribution in [0.4, 0.5) is 5.69 Å². The summed E-state index contributed by atoms with van der Waals surface area (Å²) in [6.07, 6.45) is 0.879. The van der Waals surface area contributed by atoms with E-state index in [9.17, 15) is 9.59 Å². The van der Waals surface area contributed by atoms with Crippen LogP contribution in [0.15, 0.2) is 66.7 Å². The lowest BCUT2D eigenvalue weighted by molar-refractivity contribution is -0.132. The van der Waals surface area contributed by atoms with E-state index in [1.165, 1.54) is 16.3 Å². The number of benzene rings is 3. The molecule has 6 heteroatoms. The highest BCUT2D eigenvalue weighted by Gasteiger charge is 2.23. The first kappa shape index (κ1) is 23.9. The molecule has 0 spiro atoms. The maximum Gasteiger partial charge on any atom is 0.238 e. The molecule has 178 valence electrons. The van der Waals surface area contributed by atoms with Crippen LogP contribution in [0, 0.1) is 0 Å². The second kappa shape index (κ2) is 11.3. The third kappa shape index (κ3) is 5.82. The number of nitrogens with zero attached hydrogens (tertiary/aromatic N) is 2. The normalized spacial score (nSPS) is 15.3. The second-order valence-electron chi connectivity index (χ2n) is 8.89. The van der Waals surface area contributed by atoms with E-state index in [1.807, 2.05) is 41.3 Å². The first-order valence-corrected chi connectivity index (χ1v) is 12.1. The van der Waals surface area contributed by atoms with Gasteiger partial charge in [0.15, 0.2) is 0 Å². The summed E-state index contributed by atoms with van der Waals surface area (Å²) >= 11 is 0. The van der Waals surface area contributed by atoms with E-state index in [0.717, 1.165) is 17.7 Å². The van der Waals surface area contributed by atoms with Crippen molar-refractivity contribution in [1.82, 2.24) is 15.1 Å². The van der Waals surface area contributed by atoms with Gasteiger partial charge < -0.3 is 15.5 Å². The minimum absolute atomic E-state index is 0.00810. The molecule has 4 rings (SSSR count). The summed E-state index contributed by atoms with van der Waals surface area (Å²) in [4.78, 5) is 29.3. The van der Waals surface area contributed by atoms with Crippen LogP contribution in [0.1, 0.15) is 31.0 Å². The van der Waals surface area contributed by atoms with Crippen molar-refractivity contribution < 1.29 is 9.59 Å². The van der Waals surface area contributed by atoms with Crippen molar-refractivity contribution in [1.29, 1.82) is 0 Å². The summed E-state index contributed by atoms with van der Waals surface area (Å²) in [6.45, 7) is 7.52. The fourth-order valence-corrected chi connectivity index (χ4v) is 4.59. The number of rotatable bonds is 8. The molecular weight excluding hydrogens is 424 g/mol. The van der Waals surface area contributed by atoms with Crippen LogP contribution in [-0.2, 0) is 16.0 Å². The van der Waals surface area contributed by atoms with Crippen molar-refractivity contribution in [2.75, 3.05) is 44.6 Å². The van der Waals surface area contributed by atoms with Gasteiger partial charge in [-0.05, 0) is 41.3 Å². The standard InChI is InChI=1S/C28H34N4O2/c1-3-22-9-5-7-14-26(22)30-27(33)20-31-15-17-32(18-16-31)28(34)19-29-21(2)24-13-8-11-23-10-4-6-12-25(23)24/h4-14,21,29H,3,15-20H2,1-2H3,(H,30,33). The minimum Gasteiger partial charge on any atom is -0.339 e. The molecule has 34 heavy (non-hydrogen) atoms. The molecule has 1 atom stereocenters. The number of amides is 2. The average molecular weight is 459 g/mol. The fourth-order valence-electron chi connectivity index (χ4n) is 4.59. The second-order valence-corrected chi connectivity index (χ2v) is 8.89. The number of para-hydroxylation sites is 1. The number of carbonyl (C=O) groups excluding carboxylic acids is 2. The van der Waals surface area contributed by atoms with Gasteiger partial charge in [-0.3, -0.25) is 14.5 Å². The Morgan fingerprint density at radius 1 is 0.912 bits per heavy atom. The molecular formula is C28H34N4O2. The van der Waals surface area contributed by atoms with Crippen LogP contribution in [0.5, 0.6) is 0 Å². The van der Waals surface area contributed by atoms with Gasteiger partial charge in [0.05, 0.1) is 13.1 Å². The number of anilines is 1. The molecule has 0 radical (unpaired) electrons. The molecule has 1 aliphatic heterocycles. The Morgan fingerprint density at radius 2 is 1.62 bits per heavy atom. The highest BCUT2D eigenvalue weighted by molar-refractivity contribution is 5.93. The molecule has 1 saturated heterocycles. The molecule has 1 fully saturated rings. The number of nitrogens with one attached hydrogen (secondary N) is 2. The van der Waals surface area contributed by atoms with E-state index in [1.54, 1.807) is 0 Å². The molecule has 2 N–H and O–H groups in total. The maximum atomic E-state index is 12.8. The monoisotopic (exact) mass is 458 g/mol. The van der Waals surface area contributed by atoms with E-state index in [-0.39, 0.29) is 17.9 Å².